The minimum absolute atomic E-state index is 0.0646. The van der Waals surface area contributed by atoms with E-state index in [0.717, 1.165) is 12.1 Å². The number of hydrogen-bond acceptors (Lipinski definition) is 2. The molecular formula is C20H19F4NO2S. The van der Waals surface area contributed by atoms with Crippen LogP contribution < -0.4 is 0 Å². The van der Waals surface area contributed by atoms with Crippen LogP contribution in [-0.2, 0) is 15.6 Å². The first-order valence-electron chi connectivity index (χ1n) is 8.81. The van der Waals surface area contributed by atoms with Crippen LogP contribution in [0, 0.1) is 17.6 Å². The van der Waals surface area contributed by atoms with Crippen molar-refractivity contribution in [1.29, 1.82) is 0 Å². The molecule has 150 valence electrons. The monoisotopic (exact) mass is 413 g/mol. The summed E-state index contributed by atoms with van der Waals surface area (Å²) in [6.07, 6.45) is 0.161. The highest BCUT2D eigenvalue weighted by Gasteiger charge is 2.47. The molecular weight excluding hydrogens is 394 g/mol. The first-order chi connectivity index (χ1) is 13.2. The van der Waals surface area contributed by atoms with Gasteiger partial charge in [0.25, 0.3) is 0 Å². The van der Waals surface area contributed by atoms with E-state index >= 15 is 0 Å². The van der Waals surface area contributed by atoms with Crippen molar-refractivity contribution in [3.63, 3.8) is 0 Å². The van der Waals surface area contributed by atoms with Gasteiger partial charge in [-0.3, -0.25) is 4.79 Å². The molecule has 1 atom stereocenters. The van der Waals surface area contributed by atoms with E-state index in [1.54, 1.807) is 0 Å². The topological polar surface area (TPSA) is 37.4 Å². The number of carbonyl (C=O) groups excluding carboxylic acids is 1. The zero-order chi connectivity index (χ0) is 20.5. The Kier molecular flexibility index (Phi) is 5.88. The summed E-state index contributed by atoms with van der Waals surface area (Å²) < 4.78 is 68.9. The molecule has 1 heterocycles. The molecule has 0 saturated carbocycles. The van der Waals surface area contributed by atoms with Crippen LogP contribution in [0.1, 0.15) is 19.8 Å². The van der Waals surface area contributed by atoms with Crippen molar-refractivity contribution >= 4 is 16.7 Å². The molecule has 0 bridgehead atoms. The molecule has 0 spiro atoms. The smallest absolute Gasteiger partial charge is 0.328 e. The summed E-state index contributed by atoms with van der Waals surface area (Å²) in [5.74, 6) is -2.73. The van der Waals surface area contributed by atoms with Gasteiger partial charge in [-0.25, -0.2) is 13.0 Å². The molecule has 3 rings (SSSR count). The number of nitrogens with zero attached hydrogens (tertiary/aromatic N) is 1. The van der Waals surface area contributed by atoms with E-state index in [9.17, 15) is 26.6 Å². The third kappa shape index (κ3) is 4.11. The van der Waals surface area contributed by atoms with Gasteiger partial charge in [0, 0.05) is 42.5 Å². The summed E-state index contributed by atoms with van der Waals surface area (Å²) in [6, 6.07) is 8.42. The predicted molar refractivity (Wildman–Crippen MR) is 98.1 cm³/mol. The Balaban J connectivity index is 1.76. The van der Waals surface area contributed by atoms with Crippen LogP contribution in [0.3, 0.4) is 0 Å². The predicted octanol–water partition coefficient (Wildman–Crippen LogP) is 4.59. The average Bonchev–Trinajstić information content (AvgIpc) is 2.67. The molecule has 28 heavy (non-hydrogen) atoms. The molecule has 1 aliphatic rings. The Hall–Kier alpha value is -2.22. The maximum Gasteiger partial charge on any atom is 0.328 e. The number of halogens is 4. The number of carbonyl (C=O) groups is 1. The van der Waals surface area contributed by atoms with Gasteiger partial charge in [0.1, 0.15) is 22.4 Å². The second-order valence-corrected chi connectivity index (χ2v) is 8.31. The molecule has 1 unspecified atom stereocenters. The van der Waals surface area contributed by atoms with E-state index in [1.165, 1.54) is 42.2 Å². The molecule has 1 fully saturated rings. The zero-order valence-electron chi connectivity index (χ0n) is 15.1. The third-order valence-electron chi connectivity index (χ3n) is 4.97. The van der Waals surface area contributed by atoms with Crippen molar-refractivity contribution in [2.24, 2.45) is 5.92 Å². The van der Waals surface area contributed by atoms with Gasteiger partial charge < -0.3 is 4.90 Å². The number of rotatable bonds is 4. The Morgan fingerprint density at radius 1 is 1.07 bits per heavy atom. The normalized spacial score (nSPS) is 16.8. The highest BCUT2D eigenvalue weighted by molar-refractivity contribution is 7.86. The Morgan fingerprint density at radius 2 is 1.68 bits per heavy atom. The van der Waals surface area contributed by atoms with E-state index in [-0.39, 0.29) is 42.3 Å². The minimum Gasteiger partial charge on any atom is -0.343 e. The number of piperidine rings is 1. The van der Waals surface area contributed by atoms with Crippen LogP contribution in [-0.4, -0.2) is 33.4 Å². The largest absolute Gasteiger partial charge is 0.343 e. The van der Waals surface area contributed by atoms with Gasteiger partial charge in [0.05, 0.1) is 0 Å². The van der Waals surface area contributed by atoms with Crippen molar-refractivity contribution in [1.82, 2.24) is 4.90 Å². The summed E-state index contributed by atoms with van der Waals surface area (Å²) in [7, 11) is -2.58. The van der Waals surface area contributed by atoms with Crippen molar-refractivity contribution in [3.8, 4) is 11.1 Å². The lowest BCUT2D eigenvalue weighted by atomic mass is 9.97. The van der Waals surface area contributed by atoms with E-state index in [1.807, 2.05) is 0 Å². The summed E-state index contributed by atoms with van der Waals surface area (Å²) >= 11 is 0. The first-order valence-corrected chi connectivity index (χ1v) is 9.96. The fourth-order valence-corrected chi connectivity index (χ4v) is 4.56. The summed E-state index contributed by atoms with van der Waals surface area (Å²) in [5, 5.41) is -3.44. The molecule has 0 N–H and O–H groups in total. The van der Waals surface area contributed by atoms with Crippen molar-refractivity contribution < 1.29 is 26.6 Å². The van der Waals surface area contributed by atoms with Crippen LogP contribution >= 0.6 is 0 Å². The molecule has 0 radical (unpaired) electrons. The van der Waals surface area contributed by atoms with E-state index in [0.29, 0.717) is 5.56 Å². The van der Waals surface area contributed by atoms with Crippen molar-refractivity contribution in [3.05, 3.63) is 54.1 Å². The number of amides is 1. The molecule has 2 aromatic carbocycles. The molecule has 1 saturated heterocycles. The van der Waals surface area contributed by atoms with Gasteiger partial charge in [-0.05, 0) is 42.7 Å². The molecule has 1 aliphatic heterocycles. The van der Waals surface area contributed by atoms with Crippen LogP contribution in [0.25, 0.3) is 11.1 Å². The number of benzene rings is 2. The molecule has 3 nitrogen and oxygen atoms in total. The lowest BCUT2D eigenvalue weighted by molar-refractivity contribution is -0.131. The summed E-state index contributed by atoms with van der Waals surface area (Å²) in [6.45, 7) is 1.83. The lowest BCUT2D eigenvalue weighted by Gasteiger charge is -2.34. The Morgan fingerprint density at radius 3 is 2.21 bits per heavy atom. The number of alkyl halides is 2. The van der Waals surface area contributed by atoms with Gasteiger partial charge in [-0.2, -0.15) is 8.78 Å². The fraction of sp³-hybridized carbons (Fsp3) is 0.350. The Bertz CT molecular complexity index is 894. The third-order valence-corrected chi connectivity index (χ3v) is 6.50. The second-order valence-electron chi connectivity index (χ2n) is 6.76. The van der Waals surface area contributed by atoms with Crippen molar-refractivity contribution in [2.45, 2.75) is 29.9 Å². The quantitative estimate of drug-likeness (QED) is 0.688. The maximum absolute atomic E-state index is 14.7. The molecule has 0 aromatic heterocycles. The highest BCUT2D eigenvalue weighted by atomic mass is 32.2. The molecule has 8 heteroatoms. The van der Waals surface area contributed by atoms with Crippen LogP contribution in [0.15, 0.2) is 47.4 Å². The number of hydrogen-bond donors (Lipinski definition) is 0. The Labute approximate surface area is 162 Å². The summed E-state index contributed by atoms with van der Waals surface area (Å²) in [5.41, 5.74) is 0.499. The van der Waals surface area contributed by atoms with Crippen LogP contribution in [0.5, 0.6) is 0 Å². The van der Waals surface area contributed by atoms with Gasteiger partial charge in [-0.1, -0.05) is 12.1 Å². The lowest BCUT2D eigenvalue weighted by Crippen LogP contribution is -2.44. The van der Waals surface area contributed by atoms with Gasteiger partial charge in [0.15, 0.2) is 0 Å². The zero-order valence-corrected chi connectivity index (χ0v) is 15.9. The molecule has 0 aliphatic carbocycles. The highest BCUT2D eigenvalue weighted by Crippen LogP contribution is 2.39. The van der Waals surface area contributed by atoms with E-state index in [2.05, 4.69) is 0 Å². The van der Waals surface area contributed by atoms with Gasteiger partial charge in [0.2, 0.25) is 5.91 Å². The SMILES string of the molecule is CC(=O)N1CCC(C(F)(F)S(=O)c2ccc(-c3ccc(F)cc3F)cc2)CC1. The fourth-order valence-electron chi connectivity index (χ4n) is 3.32. The molecule has 1 amide bonds. The van der Waals surface area contributed by atoms with Gasteiger partial charge in [-0.15, -0.1) is 0 Å². The minimum atomic E-state index is -3.44. The number of likely N-dealkylation sites (tertiary alicyclic amines) is 1. The maximum atomic E-state index is 14.7. The summed E-state index contributed by atoms with van der Waals surface area (Å²) in [4.78, 5) is 12.8. The van der Waals surface area contributed by atoms with E-state index < -0.39 is 33.6 Å². The van der Waals surface area contributed by atoms with Crippen LogP contribution in [0.4, 0.5) is 17.6 Å². The molecule has 2 aromatic rings. The first kappa shape index (κ1) is 20.5. The average molecular weight is 413 g/mol. The second kappa shape index (κ2) is 8.03. The van der Waals surface area contributed by atoms with Crippen molar-refractivity contribution in [2.75, 3.05) is 13.1 Å². The van der Waals surface area contributed by atoms with Crippen LogP contribution in [0.2, 0.25) is 0 Å². The van der Waals surface area contributed by atoms with Gasteiger partial charge >= 0.3 is 5.25 Å². The standard InChI is InChI=1S/C20H19F4NO2S/c1-13(26)25-10-8-15(9-11-25)20(23,24)28(27)17-5-2-14(3-6-17)18-7-4-16(21)12-19(18)22/h2-7,12,15H,8-11H2,1H3. The van der Waals surface area contributed by atoms with E-state index in [4.69, 9.17) is 0 Å².